The van der Waals surface area contributed by atoms with Crippen molar-refractivity contribution in [3.8, 4) is 5.75 Å². The molecule has 0 radical (unpaired) electrons. The second kappa shape index (κ2) is 9.34. The van der Waals surface area contributed by atoms with Crippen molar-refractivity contribution in [3.05, 3.63) is 113 Å². The highest BCUT2D eigenvalue weighted by atomic mass is 19.1. The predicted molar refractivity (Wildman–Crippen MR) is 143 cm³/mol. The number of rotatable bonds is 4. The first-order valence-electron chi connectivity index (χ1n) is 12.4. The number of likely N-dealkylation sites (N-methyl/N-ethyl adjacent to an activating group) is 1. The van der Waals surface area contributed by atoms with Gasteiger partial charge in [0.2, 0.25) is 0 Å². The Hall–Kier alpha value is -4.65. The van der Waals surface area contributed by atoms with Crippen LogP contribution in [-0.2, 0) is 16.1 Å². The Morgan fingerprint density at radius 3 is 2.58 bits per heavy atom. The molecule has 2 heterocycles. The number of ketones is 1. The smallest absolute Gasteiger partial charge is 0.295 e. The summed E-state index contributed by atoms with van der Waals surface area (Å²) in [4.78, 5) is 30.5. The van der Waals surface area contributed by atoms with Crippen LogP contribution in [-0.4, -0.2) is 41.9 Å². The summed E-state index contributed by atoms with van der Waals surface area (Å²) in [7, 11) is 1.93. The van der Waals surface area contributed by atoms with Gasteiger partial charge >= 0.3 is 0 Å². The van der Waals surface area contributed by atoms with Gasteiger partial charge in [0.1, 0.15) is 23.9 Å². The number of Topliss-reactive ketones (excluding diaryl/α,β-unsaturated/α-hetero) is 1. The van der Waals surface area contributed by atoms with Gasteiger partial charge in [-0.1, -0.05) is 54.6 Å². The maximum atomic E-state index is 13.6. The number of aliphatic hydroxyl groups excluding tert-OH is 1. The number of hydrogen-bond acceptors (Lipinski definition) is 5. The first kappa shape index (κ1) is 23.7. The van der Waals surface area contributed by atoms with Gasteiger partial charge < -0.3 is 19.6 Å². The van der Waals surface area contributed by atoms with Gasteiger partial charge in [0, 0.05) is 19.2 Å². The molecule has 1 saturated heterocycles. The minimum Gasteiger partial charge on any atom is -0.507 e. The molecule has 6 rings (SSSR count). The molecule has 2 aliphatic heterocycles. The fourth-order valence-electron chi connectivity index (χ4n) is 5.30. The highest BCUT2D eigenvalue weighted by Gasteiger charge is 2.46. The largest absolute Gasteiger partial charge is 0.507 e. The monoisotopic (exact) mass is 508 g/mol. The normalized spacial score (nSPS) is 18.5. The number of likely N-dealkylation sites (tertiary alicyclic amines) is 1. The number of nitrogens with zero attached hydrogens (tertiary/aromatic N) is 2. The Labute approximate surface area is 219 Å². The maximum Gasteiger partial charge on any atom is 0.295 e. The molecule has 1 N–H and O–H groups in total. The lowest BCUT2D eigenvalue weighted by Gasteiger charge is -2.28. The van der Waals surface area contributed by atoms with Crippen LogP contribution in [0.25, 0.3) is 16.5 Å². The van der Waals surface area contributed by atoms with E-state index in [9.17, 15) is 19.1 Å². The van der Waals surface area contributed by atoms with E-state index in [0.29, 0.717) is 30.0 Å². The van der Waals surface area contributed by atoms with Crippen molar-refractivity contribution in [1.29, 1.82) is 0 Å². The van der Waals surface area contributed by atoms with Crippen LogP contribution in [0.4, 0.5) is 10.1 Å². The molecule has 190 valence electrons. The number of fused-ring (bicyclic) bond motifs is 2. The molecule has 1 atom stereocenters. The lowest BCUT2D eigenvalue weighted by Crippen LogP contribution is -2.29. The molecule has 6 nitrogen and oxygen atoms in total. The van der Waals surface area contributed by atoms with Gasteiger partial charge in [0.05, 0.1) is 23.8 Å². The van der Waals surface area contributed by atoms with Crippen LogP contribution in [0.2, 0.25) is 0 Å². The molecule has 2 aliphatic rings. The van der Waals surface area contributed by atoms with Gasteiger partial charge in [-0.2, -0.15) is 0 Å². The number of aliphatic hydroxyl groups is 1. The molecule has 0 aliphatic carbocycles. The molecule has 1 fully saturated rings. The highest BCUT2D eigenvalue weighted by molar-refractivity contribution is 6.46. The van der Waals surface area contributed by atoms with E-state index in [1.54, 1.807) is 30.3 Å². The quantitative estimate of drug-likeness (QED) is 0.226. The summed E-state index contributed by atoms with van der Waals surface area (Å²) in [5.41, 5.74) is 2.64. The zero-order valence-corrected chi connectivity index (χ0v) is 20.7. The van der Waals surface area contributed by atoms with E-state index < -0.39 is 17.7 Å². The van der Waals surface area contributed by atoms with E-state index in [-0.39, 0.29) is 23.7 Å². The minimum atomic E-state index is -0.837. The number of carbonyl (C=O) groups excluding carboxylic acids is 2. The fourth-order valence-corrected chi connectivity index (χ4v) is 5.30. The molecule has 0 aromatic heterocycles. The van der Waals surface area contributed by atoms with Crippen LogP contribution < -0.4 is 9.64 Å². The van der Waals surface area contributed by atoms with Crippen molar-refractivity contribution in [1.82, 2.24) is 4.90 Å². The van der Waals surface area contributed by atoms with Gasteiger partial charge in [-0.05, 0) is 52.2 Å². The standard InChI is InChI=1S/C31H25FN2O4/c1-33-15-16-38-26-14-11-21(17-25(26)33)29(35)27-28(24-8-4-6-20-5-2-3-7-23(20)24)34(31(37)30(27)36)18-19-9-12-22(32)13-10-19/h2-14,17,28,35H,15-16,18H2,1H3/b29-27+. The summed E-state index contributed by atoms with van der Waals surface area (Å²) in [6, 6.07) is 23.7. The Bertz CT molecular complexity index is 1610. The predicted octanol–water partition coefficient (Wildman–Crippen LogP) is 5.43. The first-order valence-corrected chi connectivity index (χ1v) is 12.4. The van der Waals surface area contributed by atoms with E-state index in [1.807, 2.05) is 54.4 Å². The Balaban J connectivity index is 1.54. The molecular weight excluding hydrogens is 483 g/mol. The number of carbonyl (C=O) groups is 2. The molecule has 38 heavy (non-hydrogen) atoms. The van der Waals surface area contributed by atoms with Crippen LogP contribution in [0.15, 0.2) is 90.5 Å². The Morgan fingerprint density at radius 2 is 1.76 bits per heavy atom. The Kier molecular flexibility index (Phi) is 5.83. The van der Waals surface area contributed by atoms with Crippen molar-refractivity contribution in [3.63, 3.8) is 0 Å². The molecule has 0 spiro atoms. The number of amides is 1. The molecular formula is C31H25FN2O4. The van der Waals surface area contributed by atoms with Gasteiger partial charge in [-0.15, -0.1) is 0 Å². The average molecular weight is 509 g/mol. The molecule has 0 bridgehead atoms. The molecule has 1 amide bonds. The third kappa shape index (κ3) is 3.96. The number of benzene rings is 4. The van der Waals surface area contributed by atoms with Gasteiger partial charge in [-0.3, -0.25) is 9.59 Å². The van der Waals surface area contributed by atoms with E-state index in [1.165, 1.54) is 17.0 Å². The van der Waals surface area contributed by atoms with Crippen LogP contribution >= 0.6 is 0 Å². The minimum absolute atomic E-state index is 0.0211. The van der Waals surface area contributed by atoms with E-state index in [0.717, 1.165) is 22.0 Å². The van der Waals surface area contributed by atoms with Crippen molar-refractivity contribution in [2.75, 3.05) is 25.1 Å². The van der Waals surface area contributed by atoms with Gasteiger partial charge in [0.25, 0.3) is 11.7 Å². The summed E-state index contributed by atoms with van der Waals surface area (Å²) in [6.07, 6.45) is 0. The van der Waals surface area contributed by atoms with Gasteiger partial charge in [-0.25, -0.2) is 4.39 Å². The van der Waals surface area contributed by atoms with Crippen LogP contribution in [0.5, 0.6) is 5.75 Å². The maximum absolute atomic E-state index is 13.6. The first-order chi connectivity index (χ1) is 18.4. The van der Waals surface area contributed by atoms with Crippen molar-refractivity contribution in [2.24, 2.45) is 0 Å². The van der Waals surface area contributed by atoms with Crippen molar-refractivity contribution >= 4 is 33.9 Å². The van der Waals surface area contributed by atoms with Crippen LogP contribution in [0.3, 0.4) is 0 Å². The van der Waals surface area contributed by atoms with Crippen LogP contribution in [0, 0.1) is 5.82 Å². The summed E-state index contributed by atoms with van der Waals surface area (Å²) >= 11 is 0. The summed E-state index contributed by atoms with van der Waals surface area (Å²) < 4.78 is 19.3. The van der Waals surface area contributed by atoms with Crippen molar-refractivity contribution < 1.29 is 23.8 Å². The fraction of sp³-hybridized carbons (Fsp3) is 0.161. The zero-order chi connectivity index (χ0) is 26.4. The third-order valence-corrected chi connectivity index (χ3v) is 7.25. The lowest BCUT2D eigenvalue weighted by molar-refractivity contribution is -0.140. The molecule has 0 saturated carbocycles. The summed E-state index contributed by atoms with van der Waals surface area (Å²) in [6.45, 7) is 1.33. The van der Waals surface area contributed by atoms with Gasteiger partial charge in [0.15, 0.2) is 0 Å². The number of halogens is 1. The average Bonchev–Trinajstić information content (AvgIpc) is 3.18. The van der Waals surface area contributed by atoms with Crippen LogP contribution in [0.1, 0.15) is 22.7 Å². The molecule has 4 aromatic carbocycles. The number of ether oxygens (including phenoxy) is 1. The number of hydrogen-bond donors (Lipinski definition) is 1. The van der Waals surface area contributed by atoms with Crippen molar-refractivity contribution in [2.45, 2.75) is 12.6 Å². The Morgan fingerprint density at radius 1 is 1.00 bits per heavy atom. The topological polar surface area (TPSA) is 70.1 Å². The number of anilines is 1. The van der Waals surface area contributed by atoms with E-state index >= 15 is 0 Å². The molecule has 7 heteroatoms. The highest BCUT2D eigenvalue weighted by Crippen LogP contribution is 2.43. The second-order valence-electron chi connectivity index (χ2n) is 9.57. The third-order valence-electron chi connectivity index (χ3n) is 7.25. The summed E-state index contributed by atoms with van der Waals surface area (Å²) in [5, 5.41) is 13.4. The molecule has 4 aromatic rings. The SMILES string of the molecule is CN1CCOc2ccc(/C(O)=C3\C(=O)C(=O)N(Cc4ccc(F)cc4)C3c3cccc4ccccc34)cc21. The summed E-state index contributed by atoms with van der Waals surface area (Å²) in [5.74, 6) is -1.41. The molecule has 1 unspecified atom stereocenters. The van der Waals surface area contributed by atoms with E-state index in [4.69, 9.17) is 4.74 Å². The van der Waals surface area contributed by atoms with E-state index in [2.05, 4.69) is 0 Å². The lowest BCUT2D eigenvalue weighted by atomic mass is 9.91. The second-order valence-corrected chi connectivity index (χ2v) is 9.57. The zero-order valence-electron chi connectivity index (χ0n) is 20.7.